The average molecular weight is 312 g/mol. The van der Waals surface area contributed by atoms with Crippen LogP contribution in [0, 0.1) is 6.92 Å². The molecule has 23 heavy (non-hydrogen) atoms. The SMILES string of the molecule is Cc1ccc([C@H](C)NC(=O)c2ccc3c(c2)C(=O)N(C)C3=O)o1. The highest BCUT2D eigenvalue weighted by atomic mass is 16.3. The lowest BCUT2D eigenvalue weighted by atomic mass is 10.0. The molecule has 3 amide bonds. The van der Waals surface area contributed by atoms with Crippen LogP contribution in [0.4, 0.5) is 0 Å². The Hall–Kier alpha value is -2.89. The number of nitrogens with zero attached hydrogens (tertiary/aromatic N) is 1. The highest BCUT2D eigenvalue weighted by Crippen LogP contribution is 2.23. The van der Waals surface area contributed by atoms with Crippen molar-refractivity contribution in [3.63, 3.8) is 0 Å². The molecular formula is C17H16N2O4. The van der Waals surface area contributed by atoms with E-state index >= 15 is 0 Å². The first-order valence-electron chi connectivity index (χ1n) is 7.22. The van der Waals surface area contributed by atoms with Gasteiger partial charge in [0.15, 0.2) is 0 Å². The van der Waals surface area contributed by atoms with Crippen LogP contribution < -0.4 is 5.32 Å². The van der Waals surface area contributed by atoms with Gasteiger partial charge in [-0.15, -0.1) is 0 Å². The fourth-order valence-corrected chi connectivity index (χ4v) is 2.54. The molecule has 1 aliphatic heterocycles. The molecule has 0 saturated heterocycles. The molecular weight excluding hydrogens is 296 g/mol. The van der Waals surface area contributed by atoms with Crippen LogP contribution in [0.2, 0.25) is 0 Å². The van der Waals surface area contributed by atoms with Crippen LogP contribution in [0.25, 0.3) is 0 Å². The molecule has 118 valence electrons. The first-order valence-corrected chi connectivity index (χ1v) is 7.22. The first-order chi connectivity index (χ1) is 10.9. The quantitative estimate of drug-likeness (QED) is 0.882. The average Bonchev–Trinajstić information content (AvgIpc) is 3.06. The minimum absolute atomic E-state index is 0.256. The Balaban J connectivity index is 1.82. The molecule has 0 bridgehead atoms. The second-order valence-electron chi connectivity index (χ2n) is 5.57. The van der Waals surface area contributed by atoms with Gasteiger partial charge in [-0.05, 0) is 44.2 Å². The first kappa shape index (κ1) is 15.0. The van der Waals surface area contributed by atoms with E-state index in [1.165, 1.54) is 19.2 Å². The van der Waals surface area contributed by atoms with Crippen molar-refractivity contribution in [1.82, 2.24) is 10.2 Å². The number of hydrogen-bond donors (Lipinski definition) is 1. The molecule has 1 aliphatic rings. The predicted molar refractivity (Wildman–Crippen MR) is 82.2 cm³/mol. The summed E-state index contributed by atoms with van der Waals surface area (Å²) >= 11 is 0. The maximum atomic E-state index is 12.3. The van der Waals surface area contributed by atoms with Crippen LogP contribution in [0.1, 0.15) is 55.6 Å². The minimum Gasteiger partial charge on any atom is -0.464 e. The van der Waals surface area contributed by atoms with Gasteiger partial charge in [0.25, 0.3) is 17.7 Å². The molecule has 0 spiro atoms. The number of amides is 3. The van der Waals surface area contributed by atoms with Gasteiger partial charge in [-0.25, -0.2) is 0 Å². The van der Waals surface area contributed by atoms with Crippen molar-refractivity contribution in [1.29, 1.82) is 0 Å². The molecule has 3 rings (SSSR count). The van der Waals surface area contributed by atoms with Gasteiger partial charge >= 0.3 is 0 Å². The number of aryl methyl sites for hydroxylation is 1. The van der Waals surface area contributed by atoms with Gasteiger partial charge in [-0.3, -0.25) is 19.3 Å². The number of fused-ring (bicyclic) bond motifs is 1. The minimum atomic E-state index is -0.394. The van der Waals surface area contributed by atoms with Crippen molar-refractivity contribution in [2.75, 3.05) is 7.05 Å². The molecule has 0 fully saturated rings. The Morgan fingerprint density at radius 3 is 2.48 bits per heavy atom. The number of benzene rings is 1. The highest BCUT2D eigenvalue weighted by Gasteiger charge is 2.33. The lowest BCUT2D eigenvalue weighted by molar-refractivity contribution is 0.0693. The number of rotatable bonds is 3. The van der Waals surface area contributed by atoms with Crippen LogP contribution in [-0.2, 0) is 0 Å². The molecule has 1 aromatic heterocycles. The molecule has 1 N–H and O–H groups in total. The Kier molecular flexibility index (Phi) is 3.52. The molecule has 6 nitrogen and oxygen atoms in total. The summed E-state index contributed by atoms with van der Waals surface area (Å²) in [5.74, 6) is 0.351. The number of nitrogens with one attached hydrogen (secondary N) is 1. The van der Waals surface area contributed by atoms with E-state index in [0.717, 1.165) is 10.7 Å². The summed E-state index contributed by atoms with van der Waals surface area (Å²) in [6.07, 6.45) is 0. The summed E-state index contributed by atoms with van der Waals surface area (Å²) in [7, 11) is 1.42. The molecule has 0 radical (unpaired) electrons. The summed E-state index contributed by atoms with van der Waals surface area (Å²) in [4.78, 5) is 37.2. The van der Waals surface area contributed by atoms with E-state index in [1.807, 2.05) is 19.9 Å². The zero-order valence-electron chi connectivity index (χ0n) is 13.0. The van der Waals surface area contributed by atoms with Gasteiger partial charge in [0, 0.05) is 12.6 Å². The summed E-state index contributed by atoms with van der Waals surface area (Å²) in [5, 5.41) is 2.81. The molecule has 1 aromatic carbocycles. The summed E-state index contributed by atoms with van der Waals surface area (Å²) in [5.41, 5.74) is 0.908. The third-order valence-electron chi connectivity index (χ3n) is 3.89. The number of imide groups is 1. The van der Waals surface area contributed by atoms with Gasteiger partial charge in [0.1, 0.15) is 11.5 Å². The van der Waals surface area contributed by atoms with Crippen LogP contribution in [-0.4, -0.2) is 29.7 Å². The number of furan rings is 1. The number of carbonyl (C=O) groups is 3. The molecule has 0 saturated carbocycles. The van der Waals surface area contributed by atoms with E-state index in [9.17, 15) is 14.4 Å². The Labute approximate surface area is 133 Å². The van der Waals surface area contributed by atoms with Crippen molar-refractivity contribution in [3.8, 4) is 0 Å². The van der Waals surface area contributed by atoms with Gasteiger partial charge in [-0.1, -0.05) is 0 Å². The summed E-state index contributed by atoms with van der Waals surface area (Å²) in [6.45, 7) is 3.64. The Bertz CT molecular complexity index is 822. The molecule has 6 heteroatoms. The van der Waals surface area contributed by atoms with Crippen molar-refractivity contribution < 1.29 is 18.8 Å². The van der Waals surface area contributed by atoms with E-state index in [4.69, 9.17) is 4.42 Å². The maximum absolute atomic E-state index is 12.3. The van der Waals surface area contributed by atoms with Crippen LogP contribution in [0.5, 0.6) is 0 Å². The predicted octanol–water partition coefficient (Wildman–Crippen LogP) is 2.30. The molecule has 2 aromatic rings. The molecule has 2 heterocycles. The van der Waals surface area contributed by atoms with E-state index in [-0.39, 0.29) is 23.4 Å². The summed E-state index contributed by atoms with van der Waals surface area (Å²) < 4.78 is 5.48. The third kappa shape index (κ3) is 2.52. The second-order valence-corrected chi connectivity index (χ2v) is 5.57. The smallest absolute Gasteiger partial charge is 0.261 e. The van der Waals surface area contributed by atoms with Gasteiger partial charge in [-0.2, -0.15) is 0 Å². The number of carbonyl (C=O) groups excluding carboxylic acids is 3. The largest absolute Gasteiger partial charge is 0.464 e. The van der Waals surface area contributed by atoms with Crippen molar-refractivity contribution >= 4 is 17.7 Å². The van der Waals surface area contributed by atoms with Crippen LogP contribution in [0.15, 0.2) is 34.7 Å². The zero-order valence-corrected chi connectivity index (χ0v) is 13.0. The monoisotopic (exact) mass is 312 g/mol. The second kappa shape index (κ2) is 5.39. The van der Waals surface area contributed by atoms with E-state index < -0.39 is 5.91 Å². The fourth-order valence-electron chi connectivity index (χ4n) is 2.54. The van der Waals surface area contributed by atoms with E-state index in [2.05, 4.69) is 5.32 Å². The standard InChI is InChI=1S/C17H16N2O4/c1-9-4-7-14(23-9)10(2)18-15(20)11-5-6-12-13(8-11)17(22)19(3)16(12)21/h4-8,10H,1-3H3,(H,18,20)/t10-/m0/s1. The Morgan fingerprint density at radius 1 is 1.13 bits per heavy atom. The topological polar surface area (TPSA) is 79.6 Å². The highest BCUT2D eigenvalue weighted by molar-refractivity contribution is 6.21. The third-order valence-corrected chi connectivity index (χ3v) is 3.89. The van der Waals surface area contributed by atoms with E-state index in [1.54, 1.807) is 12.1 Å². The van der Waals surface area contributed by atoms with E-state index in [0.29, 0.717) is 16.9 Å². The fraction of sp³-hybridized carbons (Fsp3) is 0.235. The maximum Gasteiger partial charge on any atom is 0.261 e. The van der Waals surface area contributed by atoms with Crippen molar-refractivity contribution in [3.05, 3.63) is 58.5 Å². The lowest BCUT2D eigenvalue weighted by Crippen LogP contribution is -2.26. The van der Waals surface area contributed by atoms with Crippen LogP contribution in [0.3, 0.4) is 0 Å². The van der Waals surface area contributed by atoms with Crippen LogP contribution >= 0.6 is 0 Å². The van der Waals surface area contributed by atoms with Crippen molar-refractivity contribution in [2.24, 2.45) is 0 Å². The van der Waals surface area contributed by atoms with Crippen molar-refractivity contribution in [2.45, 2.75) is 19.9 Å². The van der Waals surface area contributed by atoms with Gasteiger partial charge < -0.3 is 9.73 Å². The number of hydrogen-bond acceptors (Lipinski definition) is 4. The zero-order chi connectivity index (χ0) is 16.7. The molecule has 1 atom stereocenters. The molecule has 0 aliphatic carbocycles. The lowest BCUT2D eigenvalue weighted by Gasteiger charge is -2.12. The normalized spacial score (nSPS) is 14.8. The van der Waals surface area contributed by atoms with Gasteiger partial charge in [0.05, 0.1) is 17.2 Å². The Morgan fingerprint density at radius 2 is 1.83 bits per heavy atom. The summed E-state index contributed by atoms with van der Waals surface area (Å²) in [6, 6.07) is 7.83. The van der Waals surface area contributed by atoms with Gasteiger partial charge in [0.2, 0.25) is 0 Å². The molecule has 0 unspecified atom stereocenters.